The lowest BCUT2D eigenvalue weighted by Crippen LogP contribution is -2.30. The predicted molar refractivity (Wildman–Crippen MR) is 90.7 cm³/mol. The molecule has 122 valence electrons. The Labute approximate surface area is 136 Å². The quantitative estimate of drug-likeness (QED) is 0.939. The van der Waals surface area contributed by atoms with Crippen LogP contribution in [0.4, 0.5) is 0 Å². The number of nitrogens with one attached hydrogen (secondary N) is 1. The van der Waals surface area contributed by atoms with Crippen LogP contribution in [0.1, 0.15) is 44.4 Å². The zero-order valence-corrected chi connectivity index (χ0v) is 13.8. The number of rotatable bonds is 4. The number of nitrogens with zero attached hydrogens (tertiary/aromatic N) is 1. The maximum absolute atomic E-state index is 11.9. The van der Waals surface area contributed by atoms with Gasteiger partial charge in [0.15, 0.2) is 0 Å². The third-order valence-corrected chi connectivity index (χ3v) is 4.83. The minimum absolute atomic E-state index is 0.149. The number of hydrogen-bond donors (Lipinski definition) is 1. The first-order valence-corrected chi connectivity index (χ1v) is 8.41. The summed E-state index contributed by atoms with van der Waals surface area (Å²) in [5.74, 6) is 1.39. The van der Waals surface area contributed by atoms with Crippen LogP contribution in [0.3, 0.4) is 0 Å². The standard InChI is InChI=1S/C19H24N2O2/c1-13-8-9-17(10-14(13)2)23-19-20-16(12-18(22)21-19)11-15-6-4-3-5-7-15/h3-7,12-14,17H,8-11H2,1-2H3,(H,20,21,22). The van der Waals surface area contributed by atoms with Crippen LogP contribution in [0.15, 0.2) is 41.2 Å². The number of benzene rings is 1. The smallest absolute Gasteiger partial charge is 0.296 e. The Hall–Kier alpha value is -2.10. The summed E-state index contributed by atoms with van der Waals surface area (Å²) in [6.45, 7) is 4.56. The maximum atomic E-state index is 11.9. The van der Waals surface area contributed by atoms with Gasteiger partial charge in [0.1, 0.15) is 6.10 Å². The average Bonchev–Trinajstić information content (AvgIpc) is 2.51. The lowest BCUT2D eigenvalue weighted by molar-refractivity contribution is 0.0914. The topological polar surface area (TPSA) is 55.0 Å². The van der Waals surface area contributed by atoms with Crippen molar-refractivity contribution in [1.29, 1.82) is 0 Å². The Morgan fingerprint density at radius 1 is 1.17 bits per heavy atom. The molecule has 0 bridgehead atoms. The van der Waals surface area contributed by atoms with Gasteiger partial charge in [-0.2, -0.15) is 0 Å². The molecule has 1 aliphatic rings. The molecule has 1 aliphatic carbocycles. The summed E-state index contributed by atoms with van der Waals surface area (Å²) < 4.78 is 5.97. The molecule has 1 aromatic heterocycles. The second-order valence-corrected chi connectivity index (χ2v) is 6.71. The molecule has 1 saturated carbocycles. The predicted octanol–water partition coefficient (Wildman–Crippen LogP) is 3.56. The van der Waals surface area contributed by atoms with Crippen molar-refractivity contribution in [1.82, 2.24) is 9.97 Å². The van der Waals surface area contributed by atoms with E-state index < -0.39 is 0 Å². The molecule has 0 spiro atoms. The molecule has 1 aromatic carbocycles. The highest BCUT2D eigenvalue weighted by atomic mass is 16.5. The minimum Gasteiger partial charge on any atom is -0.461 e. The average molecular weight is 312 g/mol. The normalized spacial score (nSPS) is 24.3. The third-order valence-electron chi connectivity index (χ3n) is 4.83. The lowest BCUT2D eigenvalue weighted by Gasteiger charge is -2.31. The van der Waals surface area contributed by atoms with Crippen LogP contribution in [0.2, 0.25) is 0 Å². The SMILES string of the molecule is CC1CCC(Oc2nc(Cc3ccccc3)cc(=O)[nH]2)CC1C. The summed E-state index contributed by atoms with van der Waals surface area (Å²) in [5.41, 5.74) is 1.72. The number of H-pyrrole nitrogens is 1. The molecular formula is C19H24N2O2. The zero-order valence-electron chi connectivity index (χ0n) is 13.8. The minimum atomic E-state index is -0.154. The first-order valence-electron chi connectivity index (χ1n) is 8.41. The molecule has 2 aromatic rings. The molecule has 0 amide bonds. The fourth-order valence-electron chi connectivity index (χ4n) is 3.20. The molecule has 3 unspecified atom stereocenters. The van der Waals surface area contributed by atoms with E-state index in [-0.39, 0.29) is 11.7 Å². The van der Waals surface area contributed by atoms with E-state index in [2.05, 4.69) is 23.8 Å². The van der Waals surface area contributed by atoms with Gasteiger partial charge in [0.25, 0.3) is 11.6 Å². The molecule has 3 rings (SSSR count). The molecule has 1 fully saturated rings. The number of aromatic nitrogens is 2. The summed E-state index contributed by atoms with van der Waals surface area (Å²) in [4.78, 5) is 19.1. The van der Waals surface area contributed by atoms with Crippen molar-refractivity contribution in [3.63, 3.8) is 0 Å². The fraction of sp³-hybridized carbons (Fsp3) is 0.474. The van der Waals surface area contributed by atoms with Gasteiger partial charge in [-0.25, -0.2) is 4.98 Å². The van der Waals surface area contributed by atoms with Gasteiger partial charge in [-0.3, -0.25) is 9.78 Å². The fourth-order valence-corrected chi connectivity index (χ4v) is 3.20. The summed E-state index contributed by atoms with van der Waals surface area (Å²) in [7, 11) is 0. The van der Waals surface area contributed by atoms with Crippen LogP contribution < -0.4 is 10.3 Å². The van der Waals surface area contributed by atoms with E-state index in [4.69, 9.17) is 4.74 Å². The van der Waals surface area contributed by atoms with E-state index >= 15 is 0 Å². The Kier molecular flexibility index (Phi) is 4.79. The Morgan fingerprint density at radius 3 is 2.70 bits per heavy atom. The summed E-state index contributed by atoms with van der Waals surface area (Å²) >= 11 is 0. The van der Waals surface area contributed by atoms with Crippen molar-refractivity contribution in [3.05, 3.63) is 58.0 Å². The first kappa shape index (κ1) is 15.8. The largest absolute Gasteiger partial charge is 0.461 e. The van der Waals surface area contributed by atoms with E-state index in [1.165, 1.54) is 6.42 Å². The molecule has 23 heavy (non-hydrogen) atoms. The highest BCUT2D eigenvalue weighted by Gasteiger charge is 2.26. The van der Waals surface area contributed by atoms with E-state index in [0.717, 1.165) is 30.0 Å². The van der Waals surface area contributed by atoms with Crippen LogP contribution >= 0.6 is 0 Å². The van der Waals surface area contributed by atoms with Gasteiger partial charge in [0.05, 0.1) is 5.69 Å². The maximum Gasteiger partial charge on any atom is 0.296 e. The summed E-state index contributed by atoms with van der Waals surface area (Å²) in [6.07, 6.45) is 4.00. The number of aromatic amines is 1. The molecule has 1 heterocycles. The Morgan fingerprint density at radius 2 is 1.96 bits per heavy atom. The number of ether oxygens (including phenoxy) is 1. The van der Waals surface area contributed by atoms with Gasteiger partial charge < -0.3 is 4.74 Å². The lowest BCUT2D eigenvalue weighted by atomic mass is 9.80. The van der Waals surface area contributed by atoms with Crippen molar-refractivity contribution in [2.45, 2.75) is 45.6 Å². The van der Waals surface area contributed by atoms with Gasteiger partial charge in [-0.05, 0) is 36.7 Å². The van der Waals surface area contributed by atoms with Gasteiger partial charge in [-0.15, -0.1) is 0 Å². The summed E-state index contributed by atoms with van der Waals surface area (Å²) in [6, 6.07) is 11.9. The molecule has 4 heteroatoms. The Balaban J connectivity index is 1.72. The molecule has 0 radical (unpaired) electrons. The van der Waals surface area contributed by atoms with Gasteiger partial charge >= 0.3 is 0 Å². The highest BCUT2D eigenvalue weighted by molar-refractivity contribution is 5.21. The first-order chi connectivity index (χ1) is 11.1. The van der Waals surface area contributed by atoms with E-state index in [9.17, 15) is 4.79 Å². The van der Waals surface area contributed by atoms with Crippen molar-refractivity contribution < 1.29 is 4.74 Å². The second kappa shape index (κ2) is 6.99. The van der Waals surface area contributed by atoms with E-state index in [0.29, 0.717) is 18.3 Å². The van der Waals surface area contributed by atoms with E-state index in [1.54, 1.807) is 6.07 Å². The van der Waals surface area contributed by atoms with Gasteiger partial charge in [0.2, 0.25) is 0 Å². The molecule has 0 aliphatic heterocycles. The second-order valence-electron chi connectivity index (χ2n) is 6.71. The van der Waals surface area contributed by atoms with Crippen molar-refractivity contribution in [2.24, 2.45) is 11.8 Å². The highest BCUT2D eigenvalue weighted by Crippen LogP contribution is 2.31. The zero-order chi connectivity index (χ0) is 16.2. The van der Waals surface area contributed by atoms with E-state index in [1.807, 2.05) is 30.3 Å². The third kappa shape index (κ3) is 4.21. The number of hydrogen-bond acceptors (Lipinski definition) is 3. The van der Waals surface area contributed by atoms with Crippen LogP contribution in [-0.2, 0) is 6.42 Å². The van der Waals surface area contributed by atoms with Crippen molar-refractivity contribution in [3.8, 4) is 6.01 Å². The van der Waals surface area contributed by atoms with Gasteiger partial charge in [0, 0.05) is 12.5 Å². The molecular weight excluding hydrogens is 288 g/mol. The molecule has 4 nitrogen and oxygen atoms in total. The molecule has 1 N–H and O–H groups in total. The van der Waals surface area contributed by atoms with Crippen molar-refractivity contribution in [2.75, 3.05) is 0 Å². The molecule has 0 saturated heterocycles. The van der Waals surface area contributed by atoms with Crippen LogP contribution in [0, 0.1) is 11.8 Å². The Bertz CT molecular complexity index is 696. The monoisotopic (exact) mass is 312 g/mol. The van der Waals surface area contributed by atoms with Crippen LogP contribution in [0.5, 0.6) is 6.01 Å². The van der Waals surface area contributed by atoms with Crippen LogP contribution in [0.25, 0.3) is 0 Å². The summed E-state index contributed by atoms with van der Waals surface area (Å²) in [5, 5.41) is 0. The molecule has 3 atom stereocenters. The van der Waals surface area contributed by atoms with Crippen LogP contribution in [-0.4, -0.2) is 16.1 Å². The van der Waals surface area contributed by atoms with Gasteiger partial charge in [-0.1, -0.05) is 44.2 Å². The van der Waals surface area contributed by atoms with Crippen molar-refractivity contribution >= 4 is 0 Å².